The minimum atomic E-state index is -0.384. The van der Waals surface area contributed by atoms with E-state index >= 15 is 0 Å². The van der Waals surface area contributed by atoms with E-state index in [4.69, 9.17) is 15.3 Å². The summed E-state index contributed by atoms with van der Waals surface area (Å²) in [6.45, 7) is -0.172. The Labute approximate surface area is 51.3 Å². The molecule has 0 unspecified atom stereocenters. The van der Waals surface area contributed by atoms with Gasteiger partial charge in [0.1, 0.15) is 0 Å². The van der Waals surface area contributed by atoms with Crippen LogP contribution in [0.4, 0.5) is 0 Å². The molecule has 1 aliphatic heterocycles. The smallest absolute Gasteiger partial charge is 0.280 e. The average molecular weight is 130 g/mol. The highest BCUT2D eigenvalue weighted by Crippen LogP contribution is 2.10. The van der Waals surface area contributed by atoms with Crippen molar-refractivity contribution in [1.82, 2.24) is 0 Å². The first-order valence-electron chi connectivity index (χ1n) is 2.34. The van der Waals surface area contributed by atoms with E-state index in [0.717, 1.165) is 6.08 Å². The molecule has 3 N–H and O–H groups in total. The van der Waals surface area contributed by atoms with Gasteiger partial charge in [-0.15, -0.1) is 0 Å². The molecule has 0 aromatic rings. The first kappa shape index (κ1) is 5.81. The second-order valence-corrected chi connectivity index (χ2v) is 1.60. The van der Waals surface area contributed by atoms with Gasteiger partial charge in [0, 0.05) is 0 Å². The summed E-state index contributed by atoms with van der Waals surface area (Å²) in [6.07, 6.45) is 0.929. The zero-order valence-electron chi connectivity index (χ0n) is 4.53. The Kier molecular flexibility index (Phi) is 1.22. The summed E-state index contributed by atoms with van der Waals surface area (Å²) >= 11 is 0. The van der Waals surface area contributed by atoms with Crippen LogP contribution in [0.2, 0.25) is 0 Å². The van der Waals surface area contributed by atoms with E-state index in [2.05, 4.69) is 4.74 Å². The van der Waals surface area contributed by atoms with Crippen LogP contribution in [0.25, 0.3) is 0 Å². The van der Waals surface area contributed by atoms with Crippen molar-refractivity contribution < 1.29 is 20.1 Å². The van der Waals surface area contributed by atoms with Gasteiger partial charge in [0.25, 0.3) is 5.95 Å². The van der Waals surface area contributed by atoms with Gasteiger partial charge in [-0.2, -0.15) is 0 Å². The van der Waals surface area contributed by atoms with Gasteiger partial charge >= 0.3 is 0 Å². The number of aliphatic hydroxyl groups is 3. The first-order valence-corrected chi connectivity index (χ1v) is 2.34. The number of rotatable bonds is 0. The largest absolute Gasteiger partial charge is 0.506 e. The zero-order chi connectivity index (χ0) is 6.85. The minimum absolute atomic E-state index is 0.172. The van der Waals surface area contributed by atoms with Crippen molar-refractivity contribution in [2.24, 2.45) is 0 Å². The number of ether oxygens (including phenoxy) is 1. The van der Waals surface area contributed by atoms with Crippen molar-refractivity contribution in [3.63, 3.8) is 0 Å². The lowest BCUT2D eigenvalue weighted by Crippen LogP contribution is -2.06. The summed E-state index contributed by atoms with van der Waals surface area (Å²) in [6, 6.07) is 0. The van der Waals surface area contributed by atoms with Gasteiger partial charge in [-0.3, -0.25) is 0 Å². The molecule has 0 saturated carbocycles. The van der Waals surface area contributed by atoms with Crippen LogP contribution in [0.3, 0.4) is 0 Å². The van der Waals surface area contributed by atoms with Crippen LogP contribution in [-0.2, 0) is 4.74 Å². The quantitative estimate of drug-likeness (QED) is 0.452. The predicted molar refractivity (Wildman–Crippen MR) is 28.9 cm³/mol. The van der Waals surface area contributed by atoms with Gasteiger partial charge in [0.2, 0.25) is 0 Å². The van der Waals surface area contributed by atoms with Crippen molar-refractivity contribution in [1.29, 1.82) is 0 Å². The third-order valence-corrected chi connectivity index (χ3v) is 0.913. The molecular weight excluding hydrogens is 124 g/mol. The van der Waals surface area contributed by atoms with Crippen molar-refractivity contribution in [2.45, 2.75) is 0 Å². The Bertz CT molecular complexity index is 179. The summed E-state index contributed by atoms with van der Waals surface area (Å²) in [4.78, 5) is 0. The number of aliphatic hydroxyl groups excluding tert-OH is 3. The highest BCUT2D eigenvalue weighted by atomic mass is 16.6. The normalized spacial score (nSPS) is 18.9. The highest BCUT2D eigenvalue weighted by Gasteiger charge is 2.10. The fourth-order valence-electron chi connectivity index (χ4n) is 0.458. The molecule has 9 heavy (non-hydrogen) atoms. The van der Waals surface area contributed by atoms with Gasteiger partial charge < -0.3 is 20.1 Å². The molecule has 0 saturated heterocycles. The molecule has 4 heteroatoms. The lowest BCUT2D eigenvalue weighted by atomic mass is 10.3. The van der Waals surface area contributed by atoms with Gasteiger partial charge in [-0.25, -0.2) is 0 Å². The van der Waals surface area contributed by atoms with Gasteiger partial charge in [0.15, 0.2) is 18.1 Å². The molecule has 0 fully saturated rings. The topological polar surface area (TPSA) is 69.9 Å². The monoisotopic (exact) mass is 130 g/mol. The maximum absolute atomic E-state index is 8.66. The fraction of sp³-hybridized carbons (Fsp3) is 0.200. The van der Waals surface area contributed by atoms with E-state index in [9.17, 15) is 0 Å². The molecule has 0 amide bonds. The van der Waals surface area contributed by atoms with Gasteiger partial charge in [-0.05, 0) is 0 Å². The molecule has 0 aromatic heterocycles. The molecule has 0 bridgehead atoms. The van der Waals surface area contributed by atoms with Crippen LogP contribution in [0.5, 0.6) is 0 Å². The summed E-state index contributed by atoms with van der Waals surface area (Å²) in [5.41, 5.74) is 0. The Morgan fingerprint density at radius 2 is 2.00 bits per heavy atom. The molecule has 1 rings (SSSR count). The molecule has 0 radical (unpaired) electrons. The summed E-state index contributed by atoms with van der Waals surface area (Å²) in [7, 11) is 0. The number of hydrogen-bond donors (Lipinski definition) is 3. The third-order valence-electron chi connectivity index (χ3n) is 0.913. The van der Waals surface area contributed by atoms with Gasteiger partial charge in [-0.1, -0.05) is 0 Å². The molecule has 0 atom stereocenters. The standard InChI is InChI=1S/C5H6O4/c6-3-1-5(8)9-2-4(3)7/h1,6-8H,2H2. The minimum Gasteiger partial charge on any atom is -0.506 e. The van der Waals surface area contributed by atoms with Crippen molar-refractivity contribution in [2.75, 3.05) is 6.61 Å². The lowest BCUT2D eigenvalue weighted by Gasteiger charge is -2.09. The molecule has 1 aliphatic rings. The number of hydrogen-bond acceptors (Lipinski definition) is 4. The Hall–Kier alpha value is -1.32. The molecular formula is C5H6O4. The van der Waals surface area contributed by atoms with Crippen molar-refractivity contribution in [3.05, 3.63) is 23.5 Å². The first-order chi connectivity index (χ1) is 4.20. The maximum atomic E-state index is 8.66. The van der Waals surface area contributed by atoms with E-state index in [0.29, 0.717) is 0 Å². The third kappa shape index (κ3) is 1.07. The molecule has 50 valence electrons. The fourth-order valence-corrected chi connectivity index (χ4v) is 0.458. The van der Waals surface area contributed by atoms with Crippen molar-refractivity contribution in [3.8, 4) is 0 Å². The Morgan fingerprint density at radius 1 is 1.33 bits per heavy atom. The Morgan fingerprint density at radius 3 is 2.44 bits per heavy atom. The van der Waals surface area contributed by atoms with E-state index < -0.39 is 0 Å². The zero-order valence-corrected chi connectivity index (χ0v) is 4.53. The average Bonchev–Trinajstić information content (AvgIpc) is 1.80. The van der Waals surface area contributed by atoms with Crippen LogP contribution in [-0.4, -0.2) is 21.9 Å². The summed E-state index contributed by atoms with van der Waals surface area (Å²) in [5.74, 6) is -1.00. The van der Waals surface area contributed by atoms with Crippen LogP contribution in [0.15, 0.2) is 23.5 Å². The van der Waals surface area contributed by atoms with E-state index in [1.165, 1.54) is 0 Å². The SMILES string of the molecule is OC1=CC(O)=C(O)CO1. The summed E-state index contributed by atoms with van der Waals surface area (Å²) in [5, 5.41) is 25.8. The van der Waals surface area contributed by atoms with E-state index in [1.54, 1.807) is 0 Å². The van der Waals surface area contributed by atoms with Crippen LogP contribution in [0.1, 0.15) is 0 Å². The molecule has 0 spiro atoms. The second-order valence-electron chi connectivity index (χ2n) is 1.60. The molecule has 4 nitrogen and oxygen atoms in total. The van der Waals surface area contributed by atoms with E-state index in [1.807, 2.05) is 0 Å². The molecule has 0 aromatic carbocycles. The van der Waals surface area contributed by atoms with Crippen molar-refractivity contribution >= 4 is 0 Å². The highest BCUT2D eigenvalue weighted by molar-refractivity contribution is 5.17. The number of allylic oxidation sites excluding steroid dienone is 1. The maximum Gasteiger partial charge on any atom is 0.280 e. The van der Waals surface area contributed by atoms with Crippen LogP contribution < -0.4 is 0 Å². The van der Waals surface area contributed by atoms with Crippen LogP contribution in [0, 0.1) is 0 Å². The lowest BCUT2D eigenvalue weighted by molar-refractivity contribution is 0.0761. The summed E-state index contributed by atoms with van der Waals surface area (Å²) < 4.78 is 4.41. The Balaban J connectivity index is 2.83. The predicted octanol–water partition coefficient (Wildman–Crippen LogP) is 0.744. The van der Waals surface area contributed by atoms with E-state index in [-0.39, 0.29) is 24.1 Å². The molecule has 1 heterocycles. The second kappa shape index (κ2) is 1.89. The van der Waals surface area contributed by atoms with Gasteiger partial charge in [0.05, 0.1) is 6.08 Å². The van der Waals surface area contributed by atoms with Crippen LogP contribution >= 0.6 is 0 Å². The molecule has 0 aliphatic carbocycles.